The average Bonchev–Trinajstić information content (AvgIpc) is 2.54. The van der Waals surface area contributed by atoms with Gasteiger partial charge in [-0.25, -0.2) is 4.98 Å². The second-order valence-electron chi connectivity index (χ2n) is 7.42. The first-order valence-corrected chi connectivity index (χ1v) is 8.56. The lowest BCUT2D eigenvalue weighted by Crippen LogP contribution is -2.42. The van der Waals surface area contributed by atoms with Crippen molar-refractivity contribution in [2.24, 2.45) is 5.41 Å². The first kappa shape index (κ1) is 15.3. The molecule has 1 amide bonds. The molecule has 120 valence electrons. The molecule has 2 saturated heterocycles. The zero-order chi connectivity index (χ0) is 15.6. The molecule has 0 radical (unpaired) electrons. The molecule has 0 spiro atoms. The Morgan fingerprint density at radius 1 is 1.14 bits per heavy atom. The Bertz CT molecular complexity index is 535. The number of nitrogens with zero attached hydrogens (tertiary/aromatic N) is 3. The van der Waals surface area contributed by atoms with Crippen LogP contribution < -0.4 is 4.90 Å². The molecule has 3 rings (SSSR count). The summed E-state index contributed by atoms with van der Waals surface area (Å²) in [5.41, 5.74) is 1.07. The van der Waals surface area contributed by atoms with E-state index < -0.39 is 0 Å². The predicted octanol–water partition coefficient (Wildman–Crippen LogP) is 3.33. The van der Waals surface area contributed by atoms with Gasteiger partial charge in [-0.05, 0) is 49.7 Å². The second-order valence-corrected chi connectivity index (χ2v) is 7.42. The molecule has 1 aromatic heterocycles. The Balaban J connectivity index is 1.84. The summed E-state index contributed by atoms with van der Waals surface area (Å²) in [6, 6.07) is 3.83. The molecule has 0 saturated carbocycles. The lowest BCUT2D eigenvalue weighted by atomic mass is 9.84. The SMILES string of the molecule is CC1(C)CCCN(c2ncccc2C(=O)N2CCCCC2)C1. The Hall–Kier alpha value is -1.58. The van der Waals surface area contributed by atoms with E-state index in [0.29, 0.717) is 5.41 Å². The van der Waals surface area contributed by atoms with E-state index in [2.05, 4.69) is 23.7 Å². The highest BCUT2D eigenvalue weighted by molar-refractivity contribution is 5.99. The molecule has 2 aliphatic heterocycles. The number of likely N-dealkylation sites (tertiary alicyclic amines) is 1. The van der Waals surface area contributed by atoms with Crippen LogP contribution in [0.4, 0.5) is 5.82 Å². The van der Waals surface area contributed by atoms with Crippen molar-refractivity contribution in [3.05, 3.63) is 23.9 Å². The van der Waals surface area contributed by atoms with Crippen LogP contribution in [0.15, 0.2) is 18.3 Å². The summed E-state index contributed by atoms with van der Waals surface area (Å²) in [7, 11) is 0. The molecule has 0 aliphatic carbocycles. The van der Waals surface area contributed by atoms with E-state index in [-0.39, 0.29) is 5.91 Å². The van der Waals surface area contributed by atoms with Gasteiger partial charge in [-0.2, -0.15) is 0 Å². The minimum atomic E-state index is 0.158. The first-order valence-electron chi connectivity index (χ1n) is 8.56. The lowest BCUT2D eigenvalue weighted by Gasteiger charge is -2.39. The first-order chi connectivity index (χ1) is 10.6. The lowest BCUT2D eigenvalue weighted by molar-refractivity contribution is 0.0724. The van der Waals surface area contributed by atoms with Crippen LogP contribution in [0.2, 0.25) is 0 Å². The highest BCUT2D eigenvalue weighted by Crippen LogP contribution is 2.32. The van der Waals surface area contributed by atoms with Gasteiger partial charge in [0, 0.05) is 32.4 Å². The molecular weight excluding hydrogens is 274 g/mol. The van der Waals surface area contributed by atoms with Crippen LogP contribution in [0, 0.1) is 5.41 Å². The quantitative estimate of drug-likeness (QED) is 0.840. The van der Waals surface area contributed by atoms with E-state index in [1.54, 1.807) is 0 Å². The van der Waals surface area contributed by atoms with Crippen molar-refractivity contribution in [2.45, 2.75) is 46.0 Å². The predicted molar refractivity (Wildman–Crippen MR) is 89.2 cm³/mol. The van der Waals surface area contributed by atoms with Crippen molar-refractivity contribution in [3.63, 3.8) is 0 Å². The summed E-state index contributed by atoms with van der Waals surface area (Å²) < 4.78 is 0. The average molecular weight is 301 g/mol. The molecule has 0 N–H and O–H groups in total. The number of amides is 1. The summed E-state index contributed by atoms with van der Waals surface area (Å²) in [6.07, 6.45) is 7.71. The molecule has 2 fully saturated rings. The second kappa shape index (κ2) is 6.27. The van der Waals surface area contributed by atoms with E-state index in [0.717, 1.165) is 50.4 Å². The minimum absolute atomic E-state index is 0.158. The van der Waals surface area contributed by atoms with Crippen LogP contribution in [-0.4, -0.2) is 42.0 Å². The summed E-state index contributed by atoms with van der Waals surface area (Å²) in [5.74, 6) is 1.04. The monoisotopic (exact) mass is 301 g/mol. The largest absolute Gasteiger partial charge is 0.355 e. The van der Waals surface area contributed by atoms with Crippen LogP contribution in [0.3, 0.4) is 0 Å². The van der Waals surface area contributed by atoms with Crippen molar-refractivity contribution in [1.82, 2.24) is 9.88 Å². The zero-order valence-electron chi connectivity index (χ0n) is 13.8. The standard InChI is InChI=1S/C18H27N3O/c1-18(2)9-7-13-21(14-18)16-15(8-6-10-19-16)17(22)20-11-4-3-5-12-20/h6,8,10H,3-5,7,9,11-14H2,1-2H3. The third kappa shape index (κ3) is 3.26. The maximum Gasteiger partial charge on any atom is 0.257 e. The van der Waals surface area contributed by atoms with Gasteiger partial charge < -0.3 is 9.80 Å². The molecule has 1 aromatic rings. The van der Waals surface area contributed by atoms with E-state index >= 15 is 0 Å². The van der Waals surface area contributed by atoms with Crippen LogP contribution in [0.25, 0.3) is 0 Å². The summed E-state index contributed by atoms with van der Waals surface area (Å²) in [6.45, 7) is 8.35. The van der Waals surface area contributed by atoms with E-state index in [1.165, 1.54) is 19.3 Å². The van der Waals surface area contributed by atoms with Gasteiger partial charge in [-0.15, -0.1) is 0 Å². The Labute approximate surface area is 133 Å². The molecule has 3 heterocycles. The summed E-state index contributed by atoms with van der Waals surface area (Å²) in [5, 5.41) is 0. The van der Waals surface area contributed by atoms with Crippen LogP contribution in [0.5, 0.6) is 0 Å². The molecule has 0 aromatic carbocycles. The molecule has 4 nitrogen and oxygen atoms in total. The van der Waals surface area contributed by atoms with Crippen molar-refractivity contribution in [3.8, 4) is 0 Å². The number of aromatic nitrogens is 1. The Kier molecular flexibility index (Phi) is 4.37. The smallest absolute Gasteiger partial charge is 0.257 e. The van der Waals surface area contributed by atoms with E-state index in [4.69, 9.17) is 0 Å². The number of anilines is 1. The maximum atomic E-state index is 12.9. The van der Waals surface area contributed by atoms with Crippen molar-refractivity contribution >= 4 is 11.7 Å². The van der Waals surface area contributed by atoms with Gasteiger partial charge >= 0.3 is 0 Å². The molecule has 4 heteroatoms. The fraction of sp³-hybridized carbons (Fsp3) is 0.667. The third-order valence-corrected chi connectivity index (χ3v) is 4.86. The van der Waals surface area contributed by atoms with Crippen molar-refractivity contribution in [2.75, 3.05) is 31.1 Å². The number of carbonyl (C=O) groups is 1. The van der Waals surface area contributed by atoms with Gasteiger partial charge in [-0.1, -0.05) is 13.8 Å². The van der Waals surface area contributed by atoms with Gasteiger partial charge in [0.15, 0.2) is 0 Å². The summed E-state index contributed by atoms with van der Waals surface area (Å²) >= 11 is 0. The van der Waals surface area contributed by atoms with Gasteiger partial charge in [0.1, 0.15) is 5.82 Å². The highest BCUT2D eigenvalue weighted by Gasteiger charge is 2.30. The van der Waals surface area contributed by atoms with Crippen molar-refractivity contribution < 1.29 is 4.79 Å². The third-order valence-electron chi connectivity index (χ3n) is 4.86. The number of rotatable bonds is 2. The van der Waals surface area contributed by atoms with Gasteiger partial charge in [0.05, 0.1) is 5.56 Å². The fourth-order valence-corrected chi connectivity index (χ4v) is 3.69. The molecule has 0 unspecified atom stereocenters. The fourth-order valence-electron chi connectivity index (χ4n) is 3.69. The zero-order valence-corrected chi connectivity index (χ0v) is 13.8. The van der Waals surface area contributed by atoms with Crippen LogP contribution >= 0.6 is 0 Å². The number of hydrogen-bond donors (Lipinski definition) is 0. The topological polar surface area (TPSA) is 36.4 Å². The van der Waals surface area contributed by atoms with Gasteiger partial charge in [0.25, 0.3) is 5.91 Å². The minimum Gasteiger partial charge on any atom is -0.355 e. The van der Waals surface area contributed by atoms with Crippen molar-refractivity contribution in [1.29, 1.82) is 0 Å². The molecular formula is C18H27N3O. The van der Waals surface area contributed by atoms with Gasteiger partial charge in [-0.3, -0.25) is 4.79 Å². The number of piperidine rings is 2. The number of pyridine rings is 1. The Morgan fingerprint density at radius 2 is 1.91 bits per heavy atom. The normalized spacial score (nSPS) is 21.7. The highest BCUT2D eigenvalue weighted by atomic mass is 16.2. The van der Waals surface area contributed by atoms with Gasteiger partial charge in [0.2, 0.25) is 0 Å². The maximum absolute atomic E-state index is 12.9. The molecule has 0 bridgehead atoms. The molecule has 2 aliphatic rings. The van der Waals surface area contributed by atoms with E-state index in [1.807, 2.05) is 23.2 Å². The van der Waals surface area contributed by atoms with Crippen LogP contribution in [0.1, 0.15) is 56.3 Å². The molecule has 0 atom stereocenters. The number of carbonyl (C=O) groups excluding carboxylic acids is 1. The van der Waals surface area contributed by atoms with E-state index in [9.17, 15) is 4.79 Å². The molecule has 22 heavy (non-hydrogen) atoms. The summed E-state index contributed by atoms with van der Waals surface area (Å²) in [4.78, 5) is 21.8. The van der Waals surface area contributed by atoms with Crippen LogP contribution in [-0.2, 0) is 0 Å². The Morgan fingerprint density at radius 3 is 2.64 bits per heavy atom. The number of hydrogen-bond acceptors (Lipinski definition) is 3.